The molecule has 2 aromatic carbocycles. The van der Waals surface area contributed by atoms with Crippen LogP contribution in [0.25, 0.3) is 0 Å². The van der Waals surface area contributed by atoms with E-state index >= 15 is 0 Å². The van der Waals surface area contributed by atoms with Gasteiger partial charge >= 0.3 is 0 Å². The number of nitrogens with zero attached hydrogens (tertiary/aromatic N) is 1. The van der Waals surface area contributed by atoms with E-state index in [1.54, 1.807) is 24.0 Å². The maximum Gasteiger partial charge on any atom is 0.258 e. The maximum absolute atomic E-state index is 13.0. The molecule has 1 aliphatic rings. The number of nitrogens with two attached hydrogens (primary N) is 1. The monoisotopic (exact) mass is 395 g/mol. The molecule has 0 unspecified atom stereocenters. The minimum atomic E-state index is -3.61. The van der Waals surface area contributed by atoms with Gasteiger partial charge in [0, 0.05) is 30.0 Å². The van der Waals surface area contributed by atoms with E-state index in [1.165, 1.54) is 12.1 Å². The molecule has 1 amide bonds. The number of halogens is 1. The van der Waals surface area contributed by atoms with E-state index in [0.29, 0.717) is 24.3 Å². The molecule has 0 atom stereocenters. The first-order chi connectivity index (χ1) is 11.9. The van der Waals surface area contributed by atoms with Gasteiger partial charge in [-0.2, -0.15) is 0 Å². The van der Waals surface area contributed by atoms with E-state index in [-0.39, 0.29) is 23.2 Å². The Kier molecular flexibility index (Phi) is 6.28. The molecule has 0 aromatic heterocycles. The fourth-order valence-electron chi connectivity index (χ4n) is 3.09. The van der Waals surface area contributed by atoms with Crippen LogP contribution in [0.5, 0.6) is 0 Å². The molecule has 6 nitrogen and oxygen atoms in total. The van der Waals surface area contributed by atoms with Crippen LogP contribution in [0.4, 0.5) is 11.4 Å². The number of nitrogen functional groups attached to an aromatic ring is 1. The van der Waals surface area contributed by atoms with Crippen molar-refractivity contribution in [1.82, 2.24) is 4.72 Å². The van der Waals surface area contributed by atoms with Crippen molar-refractivity contribution in [2.75, 3.05) is 23.7 Å². The second kappa shape index (κ2) is 8.07. The molecule has 3 rings (SSSR count). The van der Waals surface area contributed by atoms with Crippen molar-refractivity contribution in [3.63, 3.8) is 0 Å². The highest BCUT2D eigenvalue weighted by molar-refractivity contribution is 7.89. The van der Waals surface area contributed by atoms with Crippen LogP contribution in [0.2, 0.25) is 0 Å². The second-order valence-electron chi connectivity index (χ2n) is 5.93. The van der Waals surface area contributed by atoms with Gasteiger partial charge in [-0.15, -0.1) is 12.4 Å². The quantitative estimate of drug-likeness (QED) is 0.778. The Labute approximate surface area is 159 Å². The SMILES string of the molecule is CCNS(=O)(=O)c1cccc(C(=O)N2CCCc3c(N)cccc32)c1.Cl. The first-order valence-electron chi connectivity index (χ1n) is 8.23. The molecule has 0 radical (unpaired) electrons. The third-order valence-corrected chi connectivity index (χ3v) is 5.80. The summed E-state index contributed by atoms with van der Waals surface area (Å²) >= 11 is 0. The minimum Gasteiger partial charge on any atom is -0.398 e. The van der Waals surface area contributed by atoms with Gasteiger partial charge in [-0.3, -0.25) is 4.79 Å². The molecule has 0 aliphatic carbocycles. The molecule has 140 valence electrons. The normalized spacial score (nSPS) is 13.7. The number of amides is 1. The van der Waals surface area contributed by atoms with Gasteiger partial charge in [0.2, 0.25) is 10.0 Å². The van der Waals surface area contributed by atoms with Crippen molar-refractivity contribution in [3.05, 3.63) is 53.6 Å². The van der Waals surface area contributed by atoms with Crippen molar-refractivity contribution in [1.29, 1.82) is 0 Å². The van der Waals surface area contributed by atoms with Gasteiger partial charge in [-0.05, 0) is 48.7 Å². The first-order valence-corrected chi connectivity index (χ1v) is 9.71. The van der Waals surface area contributed by atoms with Crippen LogP contribution in [0.3, 0.4) is 0 Å². The molecule has 1 heterocycles. The van der Waals surface area contributed by atoms with Crippen LogP contribution in [0.1, 0.15) is 29.3 Å². The van der Waals surface area contributed by atoms with E-state index < -0.39 is 10.0 Å². The number of hydrogen-bond acceptors (Lipinski definition) is 4. The number of anilines is 2. The average Bonchev–Trinajstić information content (AvgIpc) is 2.61. The zero-order chi connectivity index (χ0) is 18.0. The summed E-state index contributed by atoms with van der Waals surface area (Å²) in [7, 11) is -3.61. The molecular formula is C18H22ClN3O3S. The standard InChI is InChI=1S/C18H21N3O3S.ClH/c1-2-20-25(23,24)14-7-3-6-13(12-14)18(22)21-11-5-8-15-16(19)9-4-10-17(15)21;/h3-4,6-7,9-10,12,20H,2,5,8,11,19H2,1H3;1H. The lowest BCUT2D eigenvalue weighted by molar-refractivity contribution is 0.0985. The molecule has 0 fully saturated rings. The van der Waals surface area contributed by atoms with Gasteiger partial charge in [0.05, 0.1) is 4.90 Å². The summed E-state index contributed by atoms with van der Waals surface area (Å²) in [4.78, 5) is 14.7. The van der Waals surface area contributed by atoms with Crippen LogP contribution in [0.15, 0.2) is 47.4 Å². The molecule has 0 saturated heterocycles. The van der Waals surface area contributed by atoms with Gasteiger partial charge < -0.3 is 10.6 Å². The van der Waals surface area contributed by atoms with Crippen molar-refractivity contribution in [2.24, 2.45) is 0 Å². The number of sulfonamides is 1. The zero-order valence-electron chi connectivity index (χ0n) is 14.4. The third kappa shape index (κ3) is 3.85. The van der Waals surface area contributed by atoms with Crippen LogP contribution in [-0.2, 0) is 16.4 Å². The molecule has 8 heteroatoms. The van der Waals surface area contributed by atoms with Crippen LogP contribution >= 0.6 is 12.4 Å². The van der Waals surface area contributed by atoms with Crippen LogP contribution < -0.4 is 15.4 Å². The number of rotatable bonds is 4. The van der Waals surface area contributed by atoms with Crippen LogP contribution in [-0.4, -0.2) is 27.4 Å². The maximum atomic E-state index is 13.0. The lowest BCUT2D eigenvalue weighted by atomic mass is 9.99. The molecule has 2 aromatic rings. The molecular weight excluding hydrogens is 374 g/mol. The Bertz CT molecular complexity index is 916. The molecule has 0 saturated carbocycles. The van der Waals surface area contributed by atoms with Crippen molar-refractivity contribution in [3.8, 4) is 0 Å². The van der Waals surface area contributed by atoms with E-state index in [9.17, 15) is 13.2 Å². The molecule has 1 aliphatic heterocycles. The summed E-state index contributed by atoms with van der Waals surface area (Å²) in [5.41, 5.74) is 8.83. The average molecular weight is 396 g/mol. The number of carbonyl (C=O) groups is 1. The Hall–Kier alpha value is -2.09. The molecule has 0 spiro atoms. The third-order valence-electron chi connectivity index (χ3n) is 4.26. The van der Waals surface area contributed by atoms with Gasteiger partial charge in [0.25, 0.3) is 5.91 Å². The van der Waals surface area contributed by atoms with Crippen molar-refractivity contribution in [2.45, 2.75) is 24.7 Å². The van der Waals surface area contributed by atoms with E-state index in [2.05, 4.69) is 4.72 Å². The van der Waals surface area contributed by atoms with Gasteiger partial charge in [0.1, 0.15) is 0 Å². The predicted molar refractivity (Wildman–Crippen MR) is 105 cm³/mol. The summed E-state index contributed by atoms with van der Waals surface area (Å²) in [6, 6.07) is 11.7. The smallest absolute Gasteiger partial charge is 0.258 e. The Balaban J connectivity index is 0.00000243. The van der Waals surface area contributed by atoms with Crippen molar-refractivity contribution < 1.29 is 13.2 Å². The highest BCUT2D eigenvalue weighted by Crippen LogP contribution is 2.32. The largest absolute Gasteiger partial charge is 0.398 e. The Morgan fingerprint density at radius 3 is 2.69 bits per heavy atom. The summed E-state index contributed by atoms with van der Waals surface area (Å²) in [5.74, 6) is -0.222. The van der Waals surface area contributed by atoms with E-state index in [4.69, 9.17) is 5.73 Å². The van der Waals surface area contributed by atoms with Gasteiger partial charge in [-0.25, -0.2) is 13.1 Å². The van der Waals surface area contributed by atoms with Gasteiger partial charge in [-0.1, -0.05) is 19.1 Å². The fraction of sp³-hybridized carbons (Fsp3) is 0.278. The van der Waals surface area contributed by atoms with Gasteiger partial charge in [0.15, 0.2) is 0 Å². The highest BCUT2D eigenvalue weighted by Gasteiger charge is 2.25. The Morgan fingerprint density at radius 1 is 1.23 bits per heavy atom. The zero-order valence-corrected chi connectivity index (χ0v) is 16.1. The summed E-state index contributed by atoms with van der Waals surface area (Å²) < 4.78 is 26.8. The number of carbonyl (C=O) groups excluding carboxylic acids is 1. The van der Waals surface area contributed by atoms with Crippen LogP contribution in [0, 0.1) is 0 Å². The Morgan fingerprint density at radius 2 is 1.96 bits per heavy atom. The molecule has 0 bridgehead atoms. The first kappa shape index (κ1) is 20.2. The van der Waals surface area contributed by atoms with E-state index in [1.807, 2.05) is 18.2 Å². The lowest BCUT2D eigenvalue weighted by Crippen LogP contribution is -2.36. The number of benzene rings is 2. The number of fused-ring (bicyclic) bond motifs is 1. The summed E-state index contributed by atoms with van der Waals surface area (Å²) in [5, 5.41) is 0. The molecule has 3 N–H and O–H groups in total. The minimum absolute atomic E-state index is 0. The second-order valence-corrected chi connectivity index (χ2v) is 7.70. The summed E-state index contributed by atoms with van der Waals surface area (Å²) in [6.07, 6.45) is 1.66. The van der Waals surface area contributed by atoms with Crippen molar-refractivity contribution >= 4 is 39.7 Å². The number of nitrogens with one attached hydrogen (secondary N) is 1. The lowest BCUT2D eigenvalue weighted by Gasteiger charge is -2.30. The highest BCUT2D eigenvalue weighted by atomic mass is 35.5. The fourth-order valence-corrected chi connectivity index (χ4v) is 4.17. The van der Waals surface area contributed by atoms with E-state index in [0.717, 1.165) is 24.1 Å². The number of hydrogen-bond donors (Lipinski definition) is 2. The summed E-state index contributed by atoms with van der Waals surface area (Å²) in [6.45, 7) is 2.58. The molecule has 26 heavy (non-hydrogen) atoms. The topological polar surface area (TPSA) is 92.5 Å². The predicted octanol–water partition coefficient (Wildman–Crippen LogP) is 2.58.